The van der Waals surface area contributed by atoms with Crippen LogP contribution in [0.4, 0.5) is 19.6 Å². The third-order valence-corrected chi connectivity index (χ3v) is 7.59. The van der Waals surface area contributed by atoms with Gasteiger partial charge in [0.25, 0.3) is 0 Å². The lowest BCUT2D eigenvalue weighted by Crippen LogP contribution is -2.50. The number of halogens is 2. The molecule has 2 heterocycles. The molecule has 1 aromatic heterocycles. The first-order valence-electron chi connectivity index (χ1n) is 11.6. The lowest BCUT2D eigenvalue weighted by atomic mass is 9.99. The molecule has 36 heavy (non-hydrogen) atoms. The second-order valence-electron chi connectivity index (χ2n) is 8.82. The van der Waals surface area contributed by atoms with Gasteiger partial charge in [0, 0.05) is 37.4 Å². The van der Waals surface area contributed by atoms with Crippen LogP contribution in [-0.2, 0) is 17.8 Å². The third kappa shape index (κ3) is 4.97. The Morgan fingerprint density at radius 3 is 2.58 bits per heavy atom. The Hall–Kier alpha value is -3.72. The number of carbonyl (C=O) groups is 1. The van der Waals surface area contributed by atoms with Crippen molar-refractivity contribution in [3.05, 3.63) is 83.4 Å². The molecule has 0 atom stereocenters. The first-order chi connectivity index (χ1) is 17.4. The summed E-state index contributed by atoms with van der Waals surface area (Å²) in [5.74, 6) is -1.16. The first kappa shape index (κ1) is 24.0. The van der Waals surface area contributed by atoms with Gasteiger partial charge in [0.15, 0.2) is 5.13 Å². The monoisotopic (exact) mass is 509 g/mol. The van der Waals surface area contributed by atoms with E-state index >= 15 is 4.39 Å². The lowest BCUT2D eigenvalue weighted by Gasteiger charge is -2.38. The molecule has 0 radical (unpaired) electrons. The highest BCUT2D eigenvalue weighted by Crippen LogP contribution is 2.33. The molecule has 1 aliphatic rings. The normalized spacial score (nSPS) is 13.6. The molecular formula is C27H25F2N3O3S. The van der Waals surface area contributed by atoms with Crippen molar-refractivity contribution in [2.45, 2.75) is 13.0 Å². The molecule has 0 spiro atoms. The van der Waals surface area contributed by atoms with Gasteiger partial charge in [0.1, 0.15) is 17.4 Å². The van der Waals surface area contributed by atoms with Crippen LogP contribution in [0.5, 0.6) is 5.75 Å². The summed E-state index contributed by atoms with van der Waals surface area (Å²) in [5, 5.41) is 9.72. The zero-order valence-corrected chi connectivity index (χ0v) is 20.5. The number of benzene rings is 3. The molecule has 4 aromatic rings. The summed E-state index contributed by atoms with van der Waals surface area (Å²) in [7, 11) is 1.62. The largest absolute Gasteiger partial charge is 0.497 e. The number of carboxylic acid groups (broad SMARTS) is 1. The average molecular weight is 510 g/mol. The number of rotatable bonds is 9. The molecule has 1 aliphatic heterocycles. The Bertz CT molecular complexity index is 1390. The molecule has 0 saturated carbocycles. The molecule has 1 N–H and O–H groups in total. The predicted octanol–water partition coefficient (Wildman–Crippen LogP) is 5.35. The Labute approximate surface area is 211 Å². The van der Waals surface area contributed by atoms with Gasteiger partial charge >= 0.3 is 5.97 Å². The number of hydrogen-bond acceptors (Lipinski definition) is 6. The SMILES string of the molecule is COc1ccc(CCN(Cc2ccc(N3CC(C(=O)O)C3)cc2F)c2nc3cccc(F)c3s2)cc1. The van der Waals surface area contributed by atoms with Gasteiger partial charge in [-0.2, -0.15) is 0 Å². The number of aliphatic carboxylic acids is 1. The average Bonchev–Trinajstić information content (AvgIpc) is 3.28. The quantitative estimate of drug-likeness (QED) is 0.328. The predicted molar refractivity (Wildman–Crippen MR) is 137 cm³/mol. The second-order valence-corrected chi connectivity index (χ2v) is 9.80. The minimum absolute atomic E-state index is 0.265. The maximum absolute atomic E-state index is 15.2. The van der Waals surface area contributed by atoms with Crippen molar-refractivity contribution < 1.29 is 23.4 Å². The van der Waals surface area contributed by atoms with Crippen molar-refractivity contribution in [1.82, 2.24) is 4.98 Å². The fourth-order valence-electron chi connectivity index (χ4n) is 4.25. The first-order valence-corrected chi connectivity index (χ1v) is 12.4. The number of anilines is 2. The van der Waals surface area contributed by atoms with Gasteiger partial charge in [-0.15, -0.1) is 0 Å². The summed E-state index contributed by atoms with van der Waals surface area (Å²) in [4.78, 5) is 19.5. The van der Waals surface area contributed by atoms with E-state index in [-0.39, 0.29) is 18.2 Å². The van der Waals surface area contributed by atoms with Crippen LogP contribution in [0.3, 0.4) is 0 Å². The number of nitrogens with zero attached hydrogens (tertiary/aromatic N) is 3. The minimum Gasteiger partial charge on any atom is -0.497 e. The summed E-state index contributed by atoms with van der Waals surface area (Å²) < 4.78 is 35.2. The summed E-state index contributed by atoms with van der Waals surface area (Å²) >= 11 is 1.26. The Morgan fingerprint density at radius 2 is 1.92 bits per heavy atom. The Kier molecular flexibility index (Phi) is 6.73. The molecule has 0 bridgehead atoms. The zero-order valence-electron chi connectivity index (χ0n) is 19.7. The summed E-state index contributed by atoms with van der Waals surface area (Å²) in [6.07, 6.45) is 0.687. The molecule has 0 amide bonds. The van der Waals surface area contributed by atoms with Crippen LogP contribution in [0.1, 0.15) is 11.1 Å². The standard InChI is InChI=1S/C27H25F2N3O3S/c1-35-21-9-5-17(6-10-21)11-12-31(27-30-24-4-2-3-22(28)25(24)36-27)14-18-7-8-20(13-23(18)29)32-15-19(16-32)26(33)34/h2-10,13,19H,11-12,14-16H2,1H3,(H,33,34). The Morgan fingerprint density at radius 1 is 1.14 bits per heavy atom. The van der Waals surface area contributed by atoms with Crippen molar-refractivity contribution in [3.63, 3.8) is 0 Å². The van der Waals surface area contributed by atoms with E-state index in [0.29, 0.717) is 52.7 Å². The number of aromatic nitrogens is 1. The topological polar surface area (TPSA) is 65.9 Å². The number of hydrogen-bond donors (Lipinski definition) is 1. The molecule has 1 fully saturated rings. The number of methoxy groups -OCH3 is 1. The van der Waals surface area contributed by atoms with Gasteiger partial charge < -0.3 is 19.6 Å². The van der Waals surface area contributed by atoms with Gasteiger partial charge in [-0.1, -0.05) is 35.6 Å². The van der Waals surface area contributed by atoms with Crippen molar-refractivity contribution in [3.8, 4) is 5.75 Å². The van der Waals surface area contributed by atoms with Crippen LogP contribution in [-0.4, -0.2) is 42.8 Å². The van der Waals surface area contributed by atoms with Gasteiger partial charge in [0.2, 0.25) is 0 Å². The van der Waals surface area contributed by atoms with Crippen molar-refractivity contribution in [1.29, 1.82) is 0 Å². The molecule has 3 aromatic carbocycles. The highest BCUT2D eigenvalue weighted by Gasteiger charge is 2.33. The smallest absolute Gasteiger partial charge is 0.310 e. The summed E-state index contributed by atoms with van der Waals surface area (Å²) in [6, 6.07) is 17.6. The number of thiazole rings is 1. The lowest BCUT2D eigenvalue weighted by molar-refractivity contribution is -0.142. The van der Waals surface area contributed by atoms with Gasteiger partial charge in [-0.05, 0) is 48.4 Å². The van der Waals surface area contributed by atoms with Gasteiger partial charge in [-0.3, -0.25) is 4.79 Å². The van der Waals surface area contributed by atoms with Crippen LogP contribution >= 0.6 is 11.3 Å². The van der Waals surface area contributed by atoms with E-state index in [1.54, 1.807) is 25.3 Å². The fourth-order valence-corrected chi connectivity index (χ4v) is 5.25. The fraction of sp³-hybridized carbons (Fsp3) is 0.259. The number of ether oxygens (including phenoxy) is 1. The zero-order chi connectivity index (χ0) is 25.2. The van der Waals surface area contributed by atoms with Crippen LogP contribution < -0.4 is 14.5 Å². The molecule has 9 heteroatoms. The molecule has 0 aliphatic carbocycles. The van der Waals surface area contributed by atoms with Crippen LogP contribution in [0, 0.1) is 17.6 Å². The Balaban J connectivity index is 1.37. The molecular weight excluding hydrogens is 484 g/mol. The van der Waals surface area contributed by atoms with Crippen LogP contribution in [0.2, 0.25) is 0 Å². The second kappa shape index (κ2) is 10.1. The van der Waals surface area contributed by atoms with E-state index in [0.717, 1.165) is 11.3 Å². The van der Waals surface area contributed by atoms with Gasteiger partial charge in [0.05, 0.1) is 23.2 Å². The van der Waals surface area contributed by atoms with E-state index in [2.05, 4.69) is 4.98 Å². The summed E-state index contributed by atoms with van der Waals surface area (Å²) in [5.41, 5.74) is 2.82. The molecule has 5 rings (SSSR count). The molecule has 6 nitrogen and oxygen atoms in total. The van der Waals surface area contributed by atoms with E-state index in [9.17, 15) is 9.18 Å². The third-order valence-electron chi connectivity index (χ3n) is 6.45. The molecule has 186 valence electrons. The minimum atomic E-state index is -0.830. The van der Waals surface area contributed by atoms with Crippen molar-refractivity contribution in [2.75, 3.05) is 36.5 Å². The van der Waals surface area contributed by atoms with Crippen molar-refractivity contribution in [2.24, 2.45) is 5.92 Å². The molecule has 0 unspecified atom stereocenters. The van der Waals surface area contributed by atoms with Gasteiger partial charge in [-0.25, -0.2) is 13.8 Å². The number of carboxylic acids is 1. The van der Waals surface area contributed by atoms with Crippen LogP contribution in [0.25, 0.3) is 10.2 Å². The van der Waals surface area contributed by atoms with E-state index in [1.807, 2.05) is 40.1 Å². The maximum Gasteiger partial charge on any atom is 0.310 e. The maximum atomic E-state index is 15.2. The number of fused-ring (bicyclic) bond motifs is 1. The molecule has 1 saturated heterocycles. The van der Waals surface area contributed by atoms with Crippen molar-refractivity contribution >= 4 is 38.3 Å². The summed E-state index contributed by atoms with van der Waals surface area (Å²) in [6.45, 7) is 1.57. The van der Waals surface area contributed by atoms with E-state index in [4.69, 9.17) is 9.84 Å². The van der Waals surface area contributed by atoms with Crippen LogP contribution in [0.15, 0.2) is 60.7 Å². The highest BCUT2D eigenvalue weighted by molar-refractivity contribution is 7.22. The van der Waals surface area contributed by atoms with E-state index < -0.39 is 11.9 Å². The van der Waals surface area contributed by atoms with E-state index in [1.165, 1.54) is 23.5 Å². The highest BCUT2D eigenvalue weighted by atomic mass is 32.1.